The van der Waals surface area contributed by atoms with Gasteiger partial charge in [0.25, 0.3) is 0 Å². The SMILES string of the molecule is [2H]C([2H])([2H])C(Nc1nc(N)nc(SC)n1)(C([2H])([2H])[2H])C([2H])([2H])[2H]. The van der Waals surface area contributed by atoms with Crippen LogP contribution in [0.1, 0.15) is 32.9 Å². The maximum Gasteiger partial charge on any atom is 0.228 e. The van der Waals surface area contributed by atoms with Gasteiger partial charge in [-0.15, -0.1) is 0 Å². The zero-order valence-electron chi connectivity index (χ0n) is 16.3. The largest absolute Gasteiger partial charge is 0.368 e. The Hall–Kier alpha value is -1.04. The molecule has 0 fully saturated rings. The summed E-state index contributed by atoms with van der Waals surface area (Å²) in [6.07, 6.45) is 1.60. The normalized spacial score (nSPS) is 23.6. The summed E-state index contributed by atoms with van der Waals surface area (Å²) in [5, 5.41) is 2.06. The second-order valence-electron chi connectivity index (χ2n) is 2.38. The van der Waals surface area contributed by atoms with E-state index in [4.69, 9.17) is 18.1 Å². The fourth-order valence-corrected chi connectivity index (χ4v) is 1.05. The van der Waals surface area contributed by atoms with Crippen LogP contribution in [0.2, 0.25) is 0 Å². The number of anilines is 2. The zero-order valence-corrected chi connectivity index (χ0v) is 8.14. The fourth-order valence-electron chi connectivity index (χ4n) is 0.687. The second kappa shape index (κ2) is 4.00. The van der Waals surface area contributed by atoms with Gasteiger partial charge in [0, 0.05) is 17.9 Å². The molecule has 14 heavy (non-hydrogen) atoms. The highest BCUT2D eigenvalue weighted by atomic mass is 32.2. The van der Waals surface area contributed by atoms with Crippen LogP contribution in [-0.4, -0.2) is 26.7 Å². The van der Waals surface area contributed by atoms with Crippen molar-refractivity contribution in [1.82, 2.24) is 15.0 Å². The van der Waals surface area contributed by atoms with Crippen LogP contribution in [0.15, 0.2) is 5.16 Å². The molecule has 0 saturated carbocycles. The van der Waals surface area contributed by atoms with Crippen molar-refractivity contribution in [3.63, 3.8) is 0 Å². The van der Waals surface area contributed by atoms with E-state index in [0.717, 1.165) is 11.8 Å². The van der Waals surface area contributed by atoms with E-state index >= 15 is 0 Å². The summed E-state index contributed by atoms with van der Waals surface area (Å²) in [6, 6.07) is 0. The number of rotatable bonds is 2. The molecule has 0 aliphatic carbocycles. The lowest BCUT2D eigenvalue weighted by Gasteiger charge is -2.20. The highest BCUT2D eigenvalue weighted by Gasteiger charge is 2.12. The summed E-state index contributed by atoms with van der Waals surface area (Å²) in [7, 11) is 0. The van der Waals surface area contributed by atoms with E-state index in [-0.39, 0.29) is 11.1 Å². The number of hydrogen-bond acceptors (Lipinski definition) is 6. The Morgan fingerprint density at radius 2 is 2.07 bits per heavy atom. The molecule has 3 N–H and O–H groups in total. The van der Waals surface area contributed by atoms with E-state index in [2.05, 4.69) is 15.0 Å². The Morgan fingerprint density at radius 3 is 2.64 bits per heavy atom. The highest BCUT2D eigenvalue weighted by Crippen LogP contribution is 2.14. The minimum Gasteiger partial charge on any atom is -0.368 e. The first-order chi connectivity index (χ1) is 10.2. The smallest absolute Gasteiger partial charge is 0.228 e. The van der Waals surface area contributed by atoms with Crippen LogP contribution < -0.4 is 11.1 Å². The van der Waals surface area contributed by atoms with Gasteiger partial charge in [0.2, 0.25) is 11.9 Å². The van der Waals surface area contributed by atoms with Gasteiger partial charge < -0.3 is 11.1 Å². The average molecular weight is 222 g/mol. The predicted molar refractivity (Wildman–Crippen MR) is 59.4 cm³/mol. The minimum atomic E-state index is -3.41. The van der Waals surface area contributed by atoms with Crippen LogP contribution >= 0.6 is 11.8 Å². The first-order valence-corrected chi connectivity index (χ1v) is 4.72. The van der Waals surface area contributed by atoms with Gasteiger partial charge >= 0.3 is 0 Å². The van der Waals surface area contributed by atoms with Gasteiger partial charge in [0.15, 0.2) is 5.16 Å². The van der Waals surface area contributed by atoms with Crippen molar-refractivity contribution in [2.24, 2.45) is 0 Å². The Kier molecular flexibility index (Phi) is 1.10. The Labute approximate surface area is 101 Å². The molecule has 5 nitrogen and oxygen atoms in total. The molecule has 1 heterocycles. The number of nitrogens with one attached hydrogen (secondary N) is 1. The molecule has 0 bridgehead atoms. The van der Waals surface area contributed by atoms with Crippen molar-refractivity contribution in [3.8, 4) is 0 Å². The number of nitrogens with zero attached hydrogens (tertiary/aromatic N) is 3. The third-order valence-corrected chi connectivity index (χ3v) is 1.66. The van der Waals surface area contributed by atoms with Crippen LogP contribution in [0.5, 0.6) is 0 Å². The van der Waals surface area contributed by atoms with Crippen LogP contribution in [0.3, 0.4) is 0 Å². The van der Waals surface area contributed by atoms with Crippen molar-refractivity contribution >= 4 is 23.7 Å². The van der Waals surface area contributed by atoms with Crippen LogP contribution in [0.4, 0.5) is 11.9 Å². The lowest BCUT2D eigenvalue weighted by molar-refractivity contribution is 0.622. The Bertz CT molecular complexity index is 530. The molecule has 0 radical (unpaired) electrons. The van der Waals surface area contributed by atoms with Crippen molar-refractivity contribution in [1.29, 1.82) is 0 Å². The Balaban J connectivity index is 3.58. The maximum atomic E-state index is 7.49. The second-order valence-corrected chi connectivity index (χ2v) is 3.15. The molecule has 0 atom stereocenters. The number of thioether (sulfide) groups is 1. The molecule has 6 heteroatoms. The molecule has 1 aromatic rings. The molecule has 0 amide bonds. The predicted octanol–water partition coefficient (Wildman–Crippen LogP) is 1.39. The topological polar surface area (TPSA) is 76.7 Å². The van der Waals surface area contributed by atoms with E-state index < -0.39 is 32.0 Å². The lowest BCUT2D eigenvalue weighted by Crippen LogP contribution is -2.27. The number of nitrogens with two attached hydrogens (primary N) is 1. The first kappa shape index (κ1) is 3.84. The third-order valence-electron chi connectivity index (χ3n) is 1.11. The molecule has 0 aliphatic rings. The average Bonchev–Trinajstić information content (AvgIpc) is 2.30. The van der Waals surface area contributed by atoms with Gasteiger partial charge in [-0.05, 0) is 26.8 Å². The lowest BCUT2D eigenvalue weighted by atomic mass is 10.1. The summed E-state index contributed by atoms with van der Waals surface area (Å²) in [4.78, 5) is 11.1. The van der Waals surface area contributed by atoms with E-state index in [1.807, 2.05) is 5.32 Å². The highest BCUT2D eigenvalue weighted by molar-refractivity contribution is 7.98. The van der Waals surface area contributed by atoms with Crippen LogP contribution in [0, 0.1) is 0 Å². The summed E-state index contributed by atoms with van der Waals surface area (Å²) >= 11 is 1.04. The number of nitrogen functional groups attached to an aromatic ring is 1. The fraction of sp³-hybridized carbons (Fsp3) is 0.625. The first-order valence-electron chi connectivity index (χ1n) is 7.99. The van der Waals surface area contributed by atoms with E-state index in [9.17, 15) is 0 Å². The van der Waals surface area contributed by atoms with E-state index in [0.29, 0.717) is 0 Å². The molecule has 0 aromatic carbocycles. The molecule has 1 rings (SSSR count). The van der Waals surface area contributed by atoms with Crippen LogP contribution in [-0.2, 0) is 0 Å². The molecule has 0 saturated heterocycles. The third kappa shape index (κ3) is 3.37. The van der Waals surface area contributed by atoms with Crippen molar-refractivity contribution < 1.29 is 12.3 Å². The minimum absolute atomic E-state index is 0.0792. The molecule has 0 aliphatic heterocycles. The van der Waals surface area contributed by atoms with Crippen molar-refractivity contribution in [3.05, 3.63) is 0 Å². The number of hydrogen-bond donors (Lipinski definition) is 2. The molecule has 0 spiro atoms. The molecule has 0 unspecified atom stereocenters. The summed E-state index contributed by atoms with van der Waals surface area (Å²) < 4.78 is 67.4. The summed E-state index contributed by atoms with van der Waals surface area (Å²) in [5.74, 6) is -0.840. The van der Waals surface area contributed by atoms with Gasteiger partial charge in [0.1, 0.15) is 0 Å². The quantitative estimate of drug-likeness (QED) is 0.736. The monoisotopic (exact) mass is 222 g/mol. The van der Waals surface area contributed by atoms with Gasteiger partial charge in [-0.25, -0.2) is 0 Å². The van der Waals surface area contributed by atoms with Gasteiger partial charge in [-0.3, -0.25) is 0 Å². The molecular formula is C8H15N5S. The summed E-state index contributed by atoms with van der Waals surface area (Å²) in [5.41, 5.74) is 2.18. The molecular weight excluding hydrogens is 198 g/mol. The van der Waals surface area contributed by atoms with E-state index in [1.54, 1.807) is 6.26 Å². The van der Waals surface area contributed by atoms with Gasteiger partial charge in [0.05, 0.1) is 0 Å². The van der Waals surface area contributed by atoms with Gasteiger partial charge in [-0.1, -0.05) is 11.8 Å². The molecule has 78 valence electrons. The molecule has 1 aromatic heterocycles. The van der Waals surface area contributed by atoms with Crippen molar-refractivity contribution in [2.45, 2.75) is 31.3 Å². The Morgan fingerprint density at radius 1 is 1.36 bits per heavy atom. The summed E-state index contributed by atoms with van der Waals surface area (Å²) in [6.45, 7) is -10.2. The van der Waals surface area contributed by atoms with Crippen molar-refractivity contribution in [2.75, 3.05) is 17.3 Å². The van der Waals surface area contributed by atoms with Crippen LogP contribution in [0.25, 0.3) is 0 Å². The van der Waals surface area contributed by atoms with Gasteiger partial charge in [-0.2, -0.15) is 15.0 Å². The standard InChI is InChI=1S/C8H15N5S/c1-8(2,3)13-6-10-5(9)11-7(12-6)14-4/h1-4H3,(H3,9,10,11,12,13)/i1D3,2D3,3D3. The van der Waals surface area contributed by atoms with E-state index in [1.165, 1.54) is 0 Å². The maximum absolute atomic E-state index is 7.49. The zero-order chi connectivity index (χ0) is 18.3. The number of aromatic nitrogens is 3.